The molecule has 0 aliphatic carbocycles. The monoisotopic (exact) mass is 353 g/mol. The van der Waals surface area contributed by atoms with Crippen LogP contribution in [-0.2, 0) is 13.6 Å². The minimum absolute atomic E-state index is 0.0442. The van der Waals surface area contributed by atoms with Gasteiger partial charge in [0.2, 0.25) is 0 Å². The molecule has 0 saturated carbocycles. The van der Waals surface area contributed by atoms with Crippen LogP contribution in [0.3, 0.4) is 0 Å². The van der Waals surface area contributed by atoms with E-state index in [-0.39, 0.29) is 5.56 Å². The number of piperazine rings is 1. The lowest BCUT2D eigenvalue weighted by molar-refractivity contribution is 0.181. The maximum Gasteiger partial charge on any atom is 0.268 e. The maximum atomic E-state index is 11.8. The first-order chi connectivity index (χ1) is 12.7. The van der Waals surface area contributed by atoms with Crippen LogP contribution in [0.1, 0.15) is 12.0 Å². The molecule has 1 aromatic heterocycles. The second kappa shape index (κ2) is 7.60. The van der Waals surface area contributed by atoms with Crippen LogP contribution in [0, 0.1) is 0 Å². The molecule has 2 saturated heterocycles. The molecule has 138 valence electrons. The molecule has 0 bridgehead atoms. The molecule has 1 atom stereocenters. The van der Waals surface area contributed by atoms with E-state index < -0.39 is 0 Å². The maximum absolute atomic E-state index is 11.8. The summed E-state index contributed by atoms with van der Waals surface area (Å²) in [6.45, 7) is 7.42. The van der Waals surface area contributed by atoms with Crippen LogP contribution >= 0.6 is 0 Å². The number of aryl methyl sites for hydroxylation is 1. The Morgan fingerprint density at radius 2 is 1.85 bits per heavy atom. The molecule has 2 fully saturated rings. The summed E-state index contributed by atoms with van der Waals surface area (Å²) in [4.78, 5) is 19.3. The Labute approximate surface area is 154 Å². The van der Waals surface area contributed by atoms with E-state index in [9.17, 15) is 4.79 Å². The molecule has 2 aliphatic heterocycles. The molecule has 2 aliphatic rings. The molecular weight excluding hydrogens is 326 g/mol. The Morgan fingerprint density at radius 1 is 1.08 bits per heavy atom. The third kappa shape index (κ3) is 3.81. The first kappa shape index (κ1) is 17.2. The van der Waals surface area contributed by atoms with Gasteiger partial charge in [-0.2, -0.15) is 5.10 Å². The van der Waals surface area contributed by atoms with Crippen molar-refractivity contribution in [2.24, 2.45) is 7.05 Å². The smallest absolute Gasteiger partial charge is 0.268 e. The van der Waals surface area contributed by atoms with Crippen LogP contribution in [0.2, 0.25) is 0 Å². The first-order valence-corrected chi connectivity index (χ1v) is 9.48. The van der Waals surface area contributed by atoms with E-state index >= 15 is 0 Å². The van der Waals surface area contributed by atoms with Crippen molar-refractivity contribution in [1.82, 2.24) is 19.6 Å². The zero-order valence-electron chi connectivity index (χ0n) is 15.4. The lowest BCUT2D eigenvalue weighted by atomic mass is 10.2. The van der Waals surface area contributed by atoms with E-state index in [1.807, 2.05) is 0 Å². The molecule has 3 heterocycles. The van der Waals surface area contributed by atoms with E-state index in [1.54, 1.807) is 19.3 Å². The summed E-state index contributed by atoms with van der Waals surface area (Å²) >= 11 is 0. The molecule has 2 aromatic rings. The highest BCUT2D eigenvalue weighted by atomic mass is 16.1. The Kier molecular flexibility index (Phi) is 5.04. The number of benzene rings is 1. The molecule has 0 N–H and O–H groups in total. The van der Waals surface area contributed by atoms with Crippen LogP contribution in [0.5, 0.6) is 0 Å². The highest BCUT2D eigenvalue weighted by Crippen LogP contribution is 2.21. The molecule has 0 amide bonds. The standard InChI is InChI=1S/C20H27N5O/c1-22-20(26)13-19(14-21-22)25-11-9-24(10-12-25)18-7-8-23(16-18)15-17-5-3-2-4-6-17/h2-6,13-14,18H,7-12,15-16H2,1H3/t18-/m0/s1. The largest absolute Gasteiger partial charge is 0.368 e. The molecule has 26 heavy (non-hydrogen) atoms. The van der Waals surface area contributed by atoms with Crippen LogP contribution < -0.4 is 10.5 Å². The summed E-state index contributed by atoms with van der Waals surface area (Å²) in [5.41, 5.74) is 2.30. The van der Waals surface area contributed by atoms with E-state index in [1.165, 1.54) is 23.2 Å². The number of rotatable bonds is 4. The second-order valence-corrected chi connectivity index (χ2v) is 7.36. The summed E-state index contributed by atoms with van der Waals surface area (Å²) in [6.07, 6.45) is 3.05. The van der Waals surface area contributed by atoms with Crippen molar-refractivity contribution in [3.8, 4) is 0 Å². The fraction of sp³-hybridized carbons (Fsp3) is 0.500. The molecule has 1 aromatic carbocycles. The highest BCUT2D eigenvalue weighted by molar-refractivity contribution is 5.43. The highest BCUT2D eigenvalue weighted by Gasteiger charge is 2.30. The third-order valence-corrected chi connectivity index (χ3v) is 5.65. The predicted molar refractivity (Wildman–Crippen MR) is 103 cm³/mol. The number of hydrogen-bond acceptors (Lipinski definition) is 5. The molecule has 4 rings (SSSR count). The Hall–Kier alpha value is -2.18. The fourth-order valence-corrected chi connectivity index (χ4v) is 4.07. The lowest BCUT2D eigenvalue weighted by Gasteiger charge is -2.39. The van der Waals surface area contributed by atoms with Gasteiger partial charge in [0.1, 0.15) is 0 Å². The van der Waals surface area contributed by atoms with Gasteiger partial charge in [-0.05, 0) is 12.0 Å². The number of aromatic nitrogens is 2. The van der Waals surface area contributed by atoms with E-state index in [0.29, 0.717) is 6.04 Å². The molecule has 6 heteroatoms. The summed E-state index contributed by atoms with van der Waals surface area (Å²) in [5, 5.41) is 4.14. The molecule has 0 radical (unpaired) electrons. The van der Waals surface area contributed by atoms with Crippen molar-refractivity contribution in [3.63, 3.8) is 0 Å². The summed E-state index contributed by atoms with van der Waals surface area (Å²) in [6, 6.07) is 13.1. The molecule has 6 nitrogen and oxygen atoms in total. The van der Waals surface area contributed by atoms with Gasteiger partial charge >= 0.3 is 0 Å². The van der Waals surface area contributed by atoms with E-state index in [4.69, 9.17) is 0 Å². The Bertz CT molecular complexity index is 782. The van der Waals surface area contributed by atoms with Crippen molar-refractivity contribution < 1.29 is 0 Å². The van der Waals surface area contributed by atoms with E-state index in [2.05, 4.69) is 50.1 Å². The minimum Gasteiger partial charge on any atom is -0.368 e. The molecule has 0 spiro atoms. The quantitative estimate of drug-likeness (QED) is 0.826. The van der Waals surface area contributed by atoms with Crippen LogP contribution in [-0.4, -0.2) is 64.9 Å². The van der Waals surface area contributed by atoms with Gasteiger partial charge in [-0.25, -0.2) is 4.68 Å². The van der Waals surface area contributed by atoms with Gasteiger partial charge in [0.25, 0.3) is 5.56 Å². The van der Waals surface area contributed by atoms with Crippen LogP contribution in [0.15, 0.2) is 47.4 Å². The lowest BCUT2D eigenvalue weighted by Crippen LogP contribution is -2.51. The first-order valence-electron chi connectivity index (χ1n) is 9.48. The second-order valence-electron chi connectivity index (χ2n) is 7.36. The van der Waals surface area contributed by atoms with Gasteiger partial charge in [-0.1, -0.05) is 30.3 Å². The Morgan fingerprint density at radius 3 is 2.58 bits per heavy atom. The van der Waals surface area contributed by atoms with Gasteiger partial charge in [-0.3, -0.25) is 14.6 Å². The van der Waals surface area contributed by atoms with Crippen LogP contribution in [0.25, 0.3) is 0 Å². The average molecular weight is 353 g/mol. The summed E-state index contributed by atoms with van der Waals surface area (Å²) in [5.74, 6) is 0. The van der Waals surface area contributed by atoms with Crippen molar-refractivity contribution in [2.75, 3.05) is 44.2 Å². The zero-order valence-corrected chi connectivity index (χ0v) is 15.4. The predicted octanol–water partition coefficient (Wildman–Crippen LogP) is 1.18. The molecule has 0 unspecified atom stereocenters. The molecular formula is C20H27N5O. The van der Waals surface area contributed by atoms with Gasteiger partial charge in [-0.15, -0.1) is 0 Å². The number of likely N-dealkylation sites (tertiary alicyclic amines) is 1. The summed E-state index contributed by atoms with van der Waals surface area (Å²) < 4.78 is 1.37. The van der Waals surface area contributed by atoms with Gasteiger partial charge in [0.05, 0.1) is 11.9 Å². The topological polar surface area (TPSA) is 44.6 Å². The number of nitrogens with zero attached hydrogens (tertiary/aromatic N) is 5. The zero-order chi connectivity index (χ0) is 17.9. The minimum atomic E-state index is -0.0442. The average Bonchev–Trinajstić information content (AvgIpc) is 3.13. The third-order valence-electron chi connectivity index (χ3n) is 5.65. The van der Waals surface area contributed by atoms with Crippen molar-refractivity contribution in [3.05, 3.63) is 58.5 Å². The number of anilines is 1. The fourth-order valence-electron chi connectivity index (χ4n) is 4.07. The van der Waals surface area contributed by atoms with Gasteiger partial charge in [0, 0.05) is 65.0 Å². The van der Waals surface area contributed by atoms with Crippen molar-refractivity contribution >= 4 is 5.69 Å². The number of hydrogen-bond donors (Lipinski definition) is 0. The Balaban J connectivity index is 1.30. The van der Waals surface area contributed by atoms with Gasteiger partial charge < -0.3 is 4.90 Å². The SMILES string of the molecule is Cn1ncc(N2CCN([C@H]3CCN(Cc4ccccc4)C3)CC2)cc1=O. The van der Waals surface area contributed by atoms with Gasteiger partial charge in [0.15, 0.2) is 0 Å². The van der Waals surface area contributed by atoms with E-state index in [0.717, 1.165) is 45.0 Å². The van der Waals surface area contributed by atoms with Crippen molar-refractivity contribution in [1.29, 1.82) is 0 Å². The van der Waals surface area contributed by atoms with Crippen molar-refractivity contribution in [2.45, 2.75) is 19.0 Å². The van der Waals surface area contributed by atoms with Crippen LogP contribution in [0.4, 0.5) is 5.69 Å². The summed E-state index contributed by atoms with van der Waals surface area (Å²) in [7, 11) is 1.69. The normalized spacial score (nSPS) is 22.0.